The Morgan fingerprint density at radius 2 is 0.864 bits per heavy atom. The quantitative estimate of drug-likeness (QED) is 0.159. The maximum atomic E-state index is 6.58. The average Bonchev–Trinajstić information content (AvgIpc) is 3.98. The van der Waals surface area contributed by atoms with Crippen molar-refractivity contribution in [3.05, 3.63) is 270 Å². The molecule has 11 aromatic rings. The number of rotatable bonds is 7. The van der Waals surface area contributed by atoms with Crippen LogP contribution in [0, 0.1) is 0 Å². The van der Waals surface area contributed by atoms with Gasteiger partial charge in [0.15, 0.2) is 0 Å². The molecule has 1 heterocycles. The summed E-state index contributed by atoms with van der Waals surface area (Å²) in [7, 11) is 0. The highest BCUT2D eigenvalue weighted by Gasteiger charge is 2.46. The third-order valence-corrected chi connectivity index (χ3v) is 14.5. The second kappa shape index (κ2) is 14.7. The van der Waals surface area contributed by atoms with Gasteiger partial charge in [0.2, 0.25) is 0 Å². The van der Waals surface area contributed by atoms with Crippen molar-refractivity contribution < 1.29 is 4.42 Å². The van der Waals surface area contributed by atoms with E-state index in [1.54, 1.807) is 0 Å². The molecule has 1 aromatic heterocycles. The minimum Gasteiger partial charge on any atom is -0.455 e. The number of para-hydroxylation sites is 2. The van der Waals surface area contributed by atoms with Crippen LogP contribution >= 0.6 is 0 Å². The first-order chi connectivity index (χ1) is 32.5. The Hall–Kier alpha value is -8.20. The van der Waals surface area contributed by atoms with E-state index in [4.69, 9.17) is 4.42 Å². The van der Waals surface area contributed by atoms with Crippen LogP contribution in [0.1, 0.15) is 47.2 Å². The largest absolute Gasteiger partial charge is 0.455 e. The van der Waals surface area contributed by atoms with Gasteiger partial charge in [0, 0.05) is 38.8 Å². The minimum atomic E-state index is -0.440. The zero-order chi connectivity index (χ0) is 44.0. The van der Waals surface area contributed by atoms with E-state index in [2.05, 4.69) is 249 Å². The van der Waals surface area contributed by atoms with Crippen molar-refractivity contribution in [2.24, 2.45) is 0 Å². The zero-order valence-electron chi connectivity index (χ0n) is 36.9. The monoisotopic (exact) mass is 843 g/mol. The van der Waals surface area contributed by atoms with Crippen LogP contribution in [0.4, 0.5) is 17.1 Å². The lowest BCUT2D eigenvalue weighted by Gasteiger charge is -2.33. The molecule has 2 aliphatic rings. The number of hydrogen-bond donors (Lipinski definition) is 0. The van der Waals surface area contributed by atoms with Gasteiger partial charge < -0.3 is 9.32 Å². The number of nitrogens with zero attached hydrogens (tertiary/aromatic N) is 1. The minimum absolute atomic E-state index is 0.149. The van der Waals surface area contributed by atoms with Crippen molar-refractivity contribution in [3.63, 3.8) is 0 Å². The lowest BCUT2D eigenvalue weighted by molar-refractivity contribution is 0.660. The molecule has 10 aromatic carbocycles. The van der Waals surface area contributed by atoms with Gasteiger partial charge in [0.25, 0.3) is 0 Å². The lowest BCUT2D eigenvalue weighted by atomic mass is 9.67. The third kappa shape index (κ3) is 5.61. The molecule has 13 rings (SSSR count). The molecule has 0 unspecified atom stereocenters. The van der Waals surface area contributed by atoms with E-state index in [9.17, 15) is 0 Å². The van der Waals surface area contributed by atoms with Crippen LogP contribution in [0.3, 0.4) is 0 Å². The second-order valence-electron chi connectivity index (χ2n) is 18.4. The molecule has 0 N–H and O–H groups in total. The molecule has 0 saturated heterocycles. The lowest BCUT2D eigenvalue weighted by Crippen LogP contribution is -2.28. The summed E-state index contributed by atoms with van der Waals surface area (Å²) >= 11 is 0. The van der Waals surface area contributed by atoms with E-state index in [0.717, 1.165) is 55.7 Å². The summed E-state index contributed by atoms with van der Waals surface area (Å²) in [5, 5.41) is 2.26. The van der Waals surface area contributed by atoms with Gasteiger partial charge >= 0.3 is 0 Å². The molecule has 312 valence electrons. The van der Waals surface area contributed by atoms with Gasteiger partial charge in [-0.15, -0.1) is 0 Å². The van der Waals surface area contributed by atoms with Crippen molar-refractivity contribution in [3.8, 4) is 44.5 Å². The fraction of sp³-hybridized carbons (Fsp3) is 0.0625. The van der Waals surface area contributed by atoms with Gasteiger partial charge in [-0.25, -0.2) is 0 Å². The smallest absolute Gasteiger partial charge is 0.143 e. The van der Waals surface area contributed by atoms with Crippen LogP contribution in [0.25, 0.3) is 66.4 Å². The maximum Gasteiger partial charge on any atom is 0.143 e. The Bertz CT molecular complexity index is 3650. The molecule has 0 aliphatic heterocycles. The van der Waals surface area contributed by atoms with Crippen molar-refractivity contribution in [2.45, 2.75) is 24.7 Å². The van der Waals surface area contributed by atoms with E-state index < -0.39 is 5.41 Å². The molecule has 0 bridgehead atoms. The average molecular weight is 844 g/mol. The summed E-state index contributed by atoms with van der Waals surface area (Å²) in [6, 6.07) is 87.0. The summed E-state index contributed by atoms with van der Waals surface area (Å²) in [4.78, 5) is 2.43. The van der Waals surface area contributed by atoms with Crippen molar-refractivity contribution in [1.82, 2.24) is 0 Å². The SMILES string of the molecule is CC1(C)c2ccccc2-c2ccc(N(c3cccc(-c4ccc5c(c4)-c4ccccc4C5(c4ccccc4)c4ccccc4)c3)c3cccc(-c4cccc5c4oc4ccccc45)c3)cc21. The van der Waals surface area contributed by atoms with Gasteiger partial charge in [0.1, 0.15) is 11.2 Å². The van der Waals surface area contributed by atoms with E-state index >= 15 is 0 Å². The number of hydrogen-bond acceptors (Lipinski definition) is 2. The van der Waals surface area contributed by atoms with Gasteiger partial charge in [0.05, 0.1) is 5.41 Å². The predicted octanol–water partition coefficient (Wildman–Crippen LogP) is 17.1. The summed E-state index contributed by atoms with van der Waals surface area (Å²) in [5.41, 5.74) is 22.0. The predicted molar refractivity (Wildman–Crippen MR) is 274 cm³/mol. The summed E-state index contributed by atoms with van der Waals surface area (Å²) in [6.07, 6.45) is 0. The first-order valence-corrected chi connectivity index (χ1v) is 23.0. The van der Waals surface area contributed by atoms with Crippen LogP contribution in [-0.2, 0) is 10.8 Å². The van der Waals surface area contributed by atoms with Crippen molar-refractivity contribution in [2.75, 3.05) is 4.90 Å². The Kier molecular flexibility index (Phi) is 8.51. The standard InChI is InChI=1S/C64H45NO/c1-63(2)57-31-12-9-26-51(57)53-36-35-49(41-60(53)63)65(48-25-16-19-44(39-48)50-29-17-30-55-54-28-11-14-33-61(54)66-62(50)55)47-24-15-18-42(38-47)43-34-37-59-56(40-43)52-27-10-13-32-58(52)64(59,45-20-5-3-6-21-45)46-22-7-4-8-23-46/h3-41H,1-2H3. The summed E-state index contributed by atoms with van der Waals surface area (Å²) in [6.45, 7) is 4.72. The second-order valence-corrected chi connectivity index (χ2v) is 18.4. The van der Waals surface area contributed by atoms with E-state index in [1.165, 1.54) is 61.2 Å². The maximum absolute atomic E-state index is 6.58. The van der Waals surface area contributed by atoms with Crippen molar-refractivity contribution >= 4 is 39.0 Å². The first kappa shape index (κ1) is 38.3. The topological polar surface area (TPSA) is 16.4 Å². The number of fused-ring (bicyclic) bond motifs is 9. The van der Waals surface area contributed by atoms with Gasteiger partial charge in [-0.05, 0) is 121 Å². The third-order valence-electron chi connectivity index (χ3n) is 14.5. The molecule has 2 heteroatoms. The van der Waals surface area contributed by atoms with Gasteiger partial charge in [-0.2, -0.15) is 0 Å². The zero-order valence-corrected chi connectivity index (χ0v) is 36.9. The fourth-order valence-electron chi connectivity index (χ4n) is 11.5. The van der Waals surface area contributed by atoms with E-state index in [-0.39, 0.29) is 5.41 Å². The molecule has 0 spiro atoms. The molecular formula is C64H45NO. The first-order valence-electron chi connectivity index (χ1n) is 23.0. The molecule has 0 amide bonds. The summed E-state index contributed by atoms with van der Waals surface area (Å²) < 4.78 is 6.58. The number of anilines is 3. The Balaban J connectivity index is 0.981. The van der Waals surface area contributed by atoms with Crippen molar-refractivity contribution in [1.29, 1.82) is 0 Å². The highest BCUT2D eigenvalue weighted by Crippen LogP contribution is 2.57. The molecule has 0 fully saturated rings. The highest BCUT2D eigenvalue weighted by atomic mass is 16.3. The van der Waals surface area contributed by atoms with E-state index in [1.807, 2.05) is 6.07 Å². The van der Waals surface area contributed by atoms with Crippen LogP contribution in [0.15, 0.2) is 241 Å². The van der Waals surface area contributed by atoms with Crippen LogP contribution in [0.2, 0.25) is 0 Å². The highest BCUT2D eigenvalue weighted by molar-refractivity contribution is 6.09. The van der Waals surface area contributed by atoms with E-state index in [0.29, 0.717) is 0 Å². The normalized spacial score (nSPS) is 13.8. The molecule has 2 nitrogen and oxygen atoms in total. The molecular weight excluding hydrogens is 799 g/mol. The molecule has 66 heavy (non-hydrogen) atoms. The Morgan fingerprint density at radius 3 is 1.62 bits per heavy atom. The number of furan rings is 1. The summed E-state index contributed by atoms with van der Waals surface area (Å²) in [5.74, 6) is 0. The fourth-order valence-corrected chi connectivity index (χ4v) is 11.5. The molecule has 2 aliphatic carbocycles. The van der Waals surface area contributed by atoms with Crippen LogP contribution in [-0.4, -0.2) is 0 Å². The number of benzene rings is 10. The van der Waals surface area contributed by atoms with Crippen LogP contribution < -0.4 is 4.90 Å². The Morgan fingerprint density at radius 1 is 0.333 bits per heavy atom. The van der Waals surface area contributed by atoms with Gasteiger partial charge in [-0.1, -0.05) is 202 Å². The van der Waals surface area contributed by atoms with Crippen LogP contribution in [0.5, 0.6) is 0 Å². The van der Waals surface area contributed by atoms with Gasteiger partial charge in [-0.3, -0.25) is 0 Å². The Labute approximate surface area is 385 Å². The molecule has 0 atom stereocenters. The molecule has 0 radical (unpaired) electrons. The molecule has 0 saturated carbocycles.